The number of nitrogens with zero attached hydrogens (tertiary/aromatic N) is 4. The lowest BCUT2D eigenvalue weighted by Crippen LogP contribution is -2.25. The maximum atomic E-state index is 12.0. The van der Waals surface area contributed by atoms with Gasteiger partial charge in [-0.15, -0.1) is 0 Å². The normalized spacial score (nSPS) is 10.8. The number of benzene rings is 1. The number of non-ortho nitro benzene ring substituents is 1. The molecule has 7 nitrogen and oxygen atoms in total. The molecule has 0 aliphatic rings. The Morgan fingerprint density at radius 1 is 1.45 bits per heavy atom. The zero-order chi connectivity index (χ0) is 16.1. The Balaban J connectivity index is 2.03. The number of amides is 1. The largest absolute Gasteiger partial charge is 0.336 e. The molecule has 0 aliphatic heterocycles. The van der Waals surface area contributed by atoms with Crippen molar-refractivity contribution in [1.29, 1.82) is 0 Å². The maximum absolute atomic E-state index is 12.0. The molecule has 114 valence electrons. The van der Waals surface area contributed by atoms with Crippen molar-refractivity contribution in [2.75, 3.05) is 7.05 Å². The molecule has 0 radical (unpaired) electrons. The van der Waals surface area contributed by atoms with Crippen molar-refractivity contribution < 1.29 is 9.72 Å². The Morgan fingerprint density at radius 3 is 2.86 bits per heavy atom. The van der Waals surface area contributed by atoms with Gasteiger partial charge in [0.1, 0.15) is 0 Å². The summed E-state index contributed by atoms with van der Waals surface area (Å²) in [7, 11) is 3.50. The molecule has 0 saturated carbocycles. The fourth-order valence-corrected chi connectivity index (χ4v) is 1.91. The van der Waals surface area contributed by atoms with Gasteiger partial charge in [0.2, 0.25) is 5.91 Å². The van der Waals surface area contributed by atoms with Crippen LogP contribution in [0.2, 0.25) is 0 Å². The second-order valence-electron chi connectivity index (χ2n) is 4.83. The van der Waals surface area contributed by atoms with Gasteiger partial charge >= 0.3 is 0 Å². The van der Waals surface area contributed by atoms with Crippen LogP contribution < -0.4 is 0 Å². The molecule has 2 rings (SSSR count). The fourth-order valence-electron chi connectivity index (χ4n) is 1.91. The van der Waals surface area contributed by atoms with Crippen LogP contribution in [0.5, 0.6) is 0 Å². The van der Waals surface area contributed by atoms with Crippen LogP contribution in [0, 0.1) is 10.1 Å². The third kappa shape index (κ3) is 3.78. The van der Waals surface area contributed by atoms with E-state index in [1.165, 1.54) is 18.2 Å². The monoisotopic (exact) mass is 300 g/mol. The first kappa shape index (κ1) is 15.4. The summed E-state index contributed by atoms with van der Waals surface area (Å²) in [5.41, 5.74) is 1.52. The predicted molar refractivity (Wildman–Crippen MR) is 81.8 cm³/mol. The zero-order valence-corrected chi connectivity index (χ0v) is 12.3. The first-order valence-corrected chi connectivity index (χ1v) is 6.62. The maximum Gasteiger partial charge on any atom is 0.270 e. The molecule has 7 heteroatoms. The van der Waals surface area contributed by atoms with Crippen molar-refractivity contribution >= 4 is 17.7 Å². The van der Waals surface area contributed by atoms with Crippen molar-refractivity contribution in [3.63, 3.8) is 0 Å². The summed E-state index contributed by atoms with van der Waals surface area (Å²) in [5.74, 6) is -0.187. The van der Waals surface area contributed by atoms with Gasteiger partial charge in [-0.1, -0.05) is 12.1 Å². The minimum Gasteiger partial charge on any atom is -0.336 e. The molecule has 0 spiro atoms. The summed E-state index contributed by atoms with van der Waals surface area (Å²) in [6.45, 7) is 0.439. The molecule has 0 fully saturated rings. The molecule has 0 saturated heterocycles. The Morgan fingerprint density at radius 2 is 2.23 bits per heavy atom. The van der Waals surface area contributed by atoms with Gasteiger partial charge in [0, 0.05) is 38.5 Å². The van der Waals surface area contributed by atoms with Gasteiger partial charge in [0.15, 0.2) is 0 Å². The molecule has 1 heterocycles. The highest BCUT2D eigenvalue weighted by atomic mass is 16.6. The summed E-state index contributed by atoms with van der Waals surface area (Å²) in [4.78, 5) is 23.8. The van der Waals surface area contributed by atoms with E-state index in [9.17, 15) is 14.9 Å². The van der Waals surface area contributed by atoms with E-state index in [4.69, 9.17) is 0 Å². The Hall–Kier alpha value is -2.96. The standard InChI is InChI=1S/C15H16N4O3/c1-17(11-14-8-9-16-18(14)2)15(20)7-6-12-4-3-5-13(10-12)19(21)22/h3-10H,11H2,1-2H3/b7-6+. The highest BCUT2D eigenvalue weighted by molar-refractivity contribution is 5.91. The van der Waals surface area contributed by atoms with Crippen molar-refractivity contribution in [3.8, 4) is 0 Å². The van der Waals surface area contributed by atoms with Crippen LogP contribution in [0.3, 0.4) is 0 Å². The van der Waals surface area contributed by atoms with Gasteiger partial charge in [0.25, 0.3) is 5.69 Å². The zero-order valence-electron chi connectivity index (χ0n) is 12.3. The molecular formula is C15H16N4O3. The number of nitro groups is 1. The highest BCUT2D eigenvalue weighted by Crippen LogP contribution is 2.14. The molecule has 2 aromatic rings. The summed E-state index contributed by atoms with van der Waals surface area (Å²) in [6.07, 6.45) is 4.64. The second kappa shape index (κ2) is 6.66. The summed E-state index contributed by atoms with van der Waals surface area (Å²) in [5, 5.41) is 14.8. The molecule has 0 aliphatic carbocycles. The molecule has 1 amide bonds. The molecule has 0 N–H and O–H groups in total. The van der Waals surface area contributed by atoms with Gasteiger partial charge < -0.3 is 4.90 Å². The van der Waals surface area contributed by atoms with Crippen molar-refractivity contribution in [2.24, 2.45) is 7.05 Å². The molecule has 1 aromatic carbocycles. The number of likely N-dealkylation sites (N-methyl/N-ethyl adjacent to an activating group) is 1. The topological polar surface area (TPSA) is 81.3 Å². The minimum atomic E-state index is -0.465. The van der Waals surface area contributed by atoms with Crippen LogP contribution in [-0.2, 0) is 18.4 Å². The van der Waals surface area contributed by atoms with Gasteiger partial charge in [-0.25, -0.2) is 0 Å². The molecule has 0 atom stereocenters. The van der Waals surface area contributed by atoms with Gasteiger partial charge in [-0.05, 0) is 17.7 Å². The van der Waals surface area contributed by atoms with E-state index in [1.807, 2.05) is 13.1 Å². The van der Waals surface area contributed by atoms with Gasteiger partial charge in [-0.3, -0.25) is 19.6 Å². The van der Waals surface area contributed by atoms with E-state index in [0.29, 0.717) is 12.1 Å². The number of rotatable bonds is 5. The van der Waals surface area contributed by atoms with E-state index in [1.54, 1.807) is 41.0 Å². The average molecular weight is 300 g/mol. The Bertz CT molecular complexity index is 721. The van der Waals surface area contributed by atoms with E-state index >= 15 is 0 Å². The van der Waals surface area contributed by atoms with Gasteiger partial charge in [0.05, 0.1) is 17.2 Å². The van der Waals surface area contributed by atoms with Crippen LogP contribution >= 0.6 is 0 Å². The third-order valence-corrected chi connectivity index (χ3v) is 3.20. The number of nitro benzene ring substituents is 1. The van der Waals surface area contributed by atoms with E-state index < -0.39 is 4.92 Å². The van der Waals surface area contributed by atoms with Crippen molar-refractivity contribution in [1.82, 2.24) is 14.7 Å². The number of carbonyl (C=O) groups is 1. The fraction of sp³-hybridized carbons (Fsp3) is 0.200. The van der Waals surface area contributed by atoms with Crippen LogP contribution in [0.1, 0.15) is 11.3 Å². The number of hydrogen-bond acceptors (Lipinski definition) is 4. The average Bonchev–Trinajstić information content (AvgIpc) is 2.90. The number of aromatic nitrogens is 2. The molecule has 1 aromatic heterocycles. The van der Waals surface area contributed by atoms with Crippen LogP contribution in [-0.4, -0.2) is 32.6 Å². The number of carbonyl (C=O) groups excluding carboxylic acids is 1. The first-order chi connectivity index (χ1) is 10.5. The van der Waals surface area contributed by atoms with Crippen molar-refractivity contribution in [3.05, 3.63) is 64.0 Å². The smallest absolute Gasteiger partial charge is 0.270 e. The second-order valence-corrected chi connectivity index (χ2v) is 4.83. The number of hydrogen-bond donors (Lipinski definition) is 0. The van der Waals surface area contributed by atoms with Crippen molar-refractivity contribution in [2.45, 2.75) is 6.54 Å². The van der Waals surface area contributed by atoms with E-state index in [0.717, 1.165) is 5.69 Å². The summed E-state index contributed by atoms with van der Waals surface area (Å²) >= 11 is 0. The minimum absolute atomic E-state index is 0.00200. The van der Waals surface area contributed by atoms with E-state index in [2.05, 4.69) is 5.10 Å². The molecule has 0 unspecified atom stereocenters. The molecular weight excluding hydrogens is 284 g/mol. The Labute approximate surface area is 127 Å². The lowest BCUT2D eigenvalue weighted by molar-refractivity contribution is -0.384. The lowest BCUT2D eigenvalue weighted by Gasteiger charge is -2.14. The number of aryl methyl sites for hydroxylation is 1. The SMILES string of the molecule is CN(Cc1ccnn1C)C(=O)/C=C/c1cccc([N+](=O)[O-])c1. The summed E-state index contributed by atoms with van der Waals surface area (Å²) < 4.78 is 1.70. The van der Waals surface area contributed by atoms with Crippen LogP contribution in [0.25, 0.3) is 6.08 Å². The molecule has 22 heavy (non-hydrogen) atoms. The van der Waals surface area contributed by atoms with E-state index in [-0.39, 0.29) is 11.6 Å². The van der Waals surface area contributed by atoms with Gasteiger partial charge in [-0.2, -0.15) is 5.10 Å². The first-order valence-electron chi connectivity index (χ1n) is 6.62. The Kier molecular flexibility index (Phi) is 4.67. The lowest BCUT2D eigenvalue weighted by atomic mass is 10.2. The van der Waals surface area contributed by atoms with Crippen LogP contribution in [0.4, 0.5) is 5.69 Å². The molecule has 0 bridgehead atoms. The quantitative estimate of drug-likeness (QED) is 0.480. The summed E-state index contributed by atoms with van der Waals surface area (Å²) in [6, 6.07) is 7.96. The predicted octanol–water partition coefficient (Wildman–Crippen LogP) is 2.00. The third-order valence-electron chi connectivity index (χ3n) is 3.20. The highest BCUT2D eigenvalue weighted by Gasteiger charge is 2.09. The van der Waals surface area contributed by atoms with Crippen LogP contribution in [0.15, 0.2) is 42.6 Å².